The molecule has 0 rings (SSSR count). The fraction of sp³-hybridized carbons (Fsp3) is 1.00. The fourth-order valence-electron chi connectivity index (χ4n) is 0. The molecular weight excluding hydrogens is 243 g/mol. The quantitative estimate of drug-likeness (QED) is 0.491. The predicted molar refractivity (Wildman–Crippen MR) is 29.7 cm³/mol. The third-order valence-electron chi connectivity index (χ3n) is 0.247. The number of alkyl halides is 5. The maximum Gasteiger partial charge on any atom is 0.295 e. The fourth-order valence-corrected chi connectivity index (χ4v) is 0. The summed E-state index contributed by atoms with van der Waals surface area (Å²) in [6.45, 7) is 0. The van der Waals surface area contributed by atoms with Crippen molar-refractivity contribution >= 4 is 34.2 Å². The second-order valence-corrected chi connectivity index (χ2v) is 3.60. The molecule has 0 aliphatic heterocycles. The molecule has 0 aromatic carbocycles. The summed E-state index contributed by atoms with van der Waals surface area (Å²) in [6.07, 6.45) is -3.12. The molecule has 1 unspecified atom stereocenters. The van der Waals surface area contributed by atoms with E-state index in [1.54, 1.807) is 0 Å². The predicted octanol–water partition coefficient (Wildman–Crippen LogP) is 2.55. The first-order chi connectivity index (χ1) is 2.94. The number of hydrogen-bond acceptors (Lipinski definition) is 0. The van der Waals surface area contributed by atoms with E-state index in [2.05, 4.69) is 11.6 Å². The van der Waals surface area contributed by atoms with E-state index in [1.165, 1.54) is 0 Å². The van der Waals surface area contributed by atoms with Gasteiger partial charge in [-0.3, -0.25) is 0 Å². The Labute approximate surface area is 57.2 Å². The average molecular weight is 244 g/mol. The molecule has 0 saturated carbocycles. The van der Waals surface area contributed by atoms with Gasteiger partial charge in [-0.25, -0.2) is 13.2 Å². The first-order valence-electron chi connectivity index (χ1n) is 1.29. The first-order valence-corrected chi connectivity index (χ1v) is 2.75. The van der Waals surface area contributed by atoms with Crippen LogP contribution in [0.3, 0.4) is 0 Å². The van der Waals surface area contributed by atoms with Gasteiger partial charge in [0.2, 0.25) is 0 Å². The van der Waals surface area contributed by atoms with Crippen LogP contribution in [0.2, 0.25) is 0 Å². The SMILES string of the molecule is FC(F)C(F)(Cl)I. The average Bonchev–Trinajstić information content (AvgIpc) is 1.31. The molecule has 44 valence electrons. The van der Waals surface area contributed by atoms with Crippen LogP contribution in [0.25, 0.3) is 0 Å². The van der Waals surface area contributed by atoms with Gasteiger partial charge in [0.05, 0.1) is 0 Å². The monoisotopic (exact) mass is 244 g/mol. The van der Waals surface area contributed by atoms with Crippen molar-refractivity contribution in [1.82, 2.24) is 0 Å². The van der Waals surface area contributed by atoms with Gasteiger partial charge in [0.25, 0.3) is 9.56 Å². The van der Waals surface area contributed by atoms with Gasteiger partial charge in [0.1, 0.15) is 0 Å². The third-order valence-corrected chi connectivity index (χ3v) is 0.883. The van der Waals surface area contributed by atoms with Crippen LogP contribution < -0.4 is 0 Å². The van der Waals surface area contributed by atoms with Gasteiger partial charge in [-0.15, -0.1) is 0 Å². The zero-order chi connectivity index (χ0) is 6.08. The summed E-state index contributed by atoms with van der Waals surface area (Å²) >= 11 is 5.25. The van der Waals surface area contributed by atoms with Crippen molar-refractivity contribution in [3.63, 3.8) is 0 Å². The lowest BCUT2D eigenvalue weighted by Gasteiger charge is -2.04. The molecular formula is C2HClF3I. The standard InChI is InChI=1S/C2HClF3I/c3-2(6,7)1(4)5/h1H. The van der Waals surface area contributed by atoms with Crippen LogP contribution in [0.4, 0.5) is 13.2 Å². The van der Waals surface area contributed by atoms with Crippen molar-refractivity contribution in [3.05, 3.63) is 0 Å². The van der Waals surface area contributed by atoms with E-state index < -0.39 is 9.56 Å². The van der Waals surface area contributed by atoms with Crippen molar-refractivity contribution in [2.45, 2.75) is 9.56 Å². The van der Waals surface area contributed by atoms with Gasteiger partial charge in [-0.1, -0.05) is 11.6 Å². The lowest BCUT2D eigenvalue weighted by atomic mass is 10.8. The Kier molecular flexibility index (Phi) is 2.67. The van der Waals surface area contributed by atoms with Gasteiger partial charge in [0.15, 0.2) is 0 Å². The maximum atomic E-state index is 11.5. The van der Waals surface area contributed by atoms with Crippen LogP contribution >= 0.6 is 34.2 Å². The maximum absolute atomic E-state index is 11.5. The molecule has 5 heteroatoms. The largest absolute Gasteiger partial charge is 0.295 e. The topological polar surface area (TPSA) is 0 Å². The van der Waals surface area contributed by atoms with Crippen LogP contribution in [0.5, 0.6) is 0 Å². The highest BCUT2D eigenvalue weighted by atomic mass is 127. The molecule has 1 atom stereocenters. The van der Waals surface area contributed by atoms with Gasteiger partial charge in [-0.2, -0.15) is 0 Å². The van der Waals surface area contributed by atoms with E-state index >= 15 is 0 Å². The zero-order valence-electron chi connectivity index (χ0n) is 2.97. The summed E-state index contributed by atoms with van der Waals surface area (Å²) in [7, 11) is 0. The Balaban J connectivity index is 3.54. The summed E-state index contributed by atoms with van der Waals surface area (Å²) in [5.41, 5.74) is 0. The number of halogens is 5. The van der Waals surface area contributed by atoms with Crippen molar-refractivity contribution in [3.8, 4) is 0 Å². The summed E-state index contributed by atoms with van der Waals surface area (Å²) in [5, 5.41) is 0. The lowest BCUT2D eigenvalue weighted by molar-refractivity contribution is 0.0829. The Morgan fingerprint density at radius 1 is 1.57 bits per heavy atom. The van der Waals surface area contributed by atoms with Crippen molar-refractivity contribution in [1.29, 1.82) is 0 Å². The highest BCUT2D eigenvalue weighted by molar-refractivity contribution is 14.1. The molecule has 0 spiro atoms. The molecule has 0 radical (unpaired) electrons. The molecule has 0 saturated heterocycles. The Bertz CT molecular complexity index is 58.4. The highest BCUT2D eigenvalue weighted by Crippen LogP contribution is 2.32. The molecule has 0 bridgehead atoms. The van der Waals surface area contributed by atoms with E-state index in [0.29, 0.717) is 0 Å². The molecule has 0 aliphatic carbocycles. The van der Waals surface area contributed by atoms with Crippen molar-refractivity contribution in [2.75, 3.05) is 0 Å². The van der Waals surface area contributed by atoms with Crippen LogP contribution in [-0.4, -0.2) is 9.56 Å². The van der Waals surface area contributed by atoms with Crippen LogP contribution in [0.1, 0.15) is 0 Å². The third kappa shape index (κ3) is 3.40. The van der Waals surface area contributed by atoms with E-state index in [1.807, 2.05) is 0 Å². The number of hydrogen-bond donors (Lipinski definition) is 0. The van der Waals surface area contributed by atoms with Gasteiger partial charge in [-0.05, 0) is 22.6 Å². The van der Waals surface area contributed by atoms with Gasteiger partial charge >= 0.3 is 0 Å². The molecule has 0 fully saturated rings. The molecule has 0 nitrogen and oxygen atoms in total. The molecule has 0 amide bonds. The lowest BCUT2D eigenvalue weighted by Crippen LogP contribution is -2.14. The zero-order valence-corrected chi connectivity index (χ0v) is 5.88. The Morgan fingerprint density at radius 2 is 1.71 bits per heavy atom. The van der Waals surface area contributed by atoms with E-state index in [0.717, 1.165) is 22.6 Å². The highest BCUT2D eigenvalue weighted by Gasteiger charge is 2.33. The first kappa shape index (κ1) is 7.81. The van der Waals surface area contributed by atoms with E-state index in [4.69, 9.17) is 0 Å². The minimum Gasteiger partial charge on any atom is -0.208 e. The molecule has 7 heavy (non-hydrogen) atoms. The van der Waals surface area contributed by atoms with E-state index in [9.17, 15) is 13.2 Å². The molecule has 0 heterocycles. The van der Waals surface area contributed by atoms with Gasteiger partial charge < -0.3 is 0 Å². The summed E-state index contributed by atoms with van der Waals surface area (Å²) in [4.78, 5) is 0. The van der Waals surface area contributed by atoms with Crippen LogP contribution in [-0.2, 0) is 0 Å². The smallest absolute Gasteiger partial charge is 0.208 e. The Hall–Kier alpha value is 0.810. The summed E-state index contributed by atoms with van der Waals surface area (Å²) < 4.78 is 30.7. The second-order valence-electron chi connectivity index (χ2n) is 0.842. The molecule has 0 aromatic heterocycles. The van der Waals surface area contributed by atoms with Crippen LogP contribution in [0, 0.1) is 0 Å². The normalized spacial score (nSPS) is 19.7. The van der Waals surface area contributed by atoms with E-state index in [-0.39, 0.29) is 0 Å². The van der Waals surface area contributed by atoms with Crippen molar-refractivity contribution < 1.29 is 13.2 Å². The molecule has 0 aliphatic rings. The number of rotatable bonds is 1. The summed E-state index contributed by atoms with van der Waals surface area (Å²) in [6, 6.07) is 0. The minimum atomic E-state index is -3.12. The second kappa shape index (κ2) is 2.39. The van der Waals surface area contributed by atoms with Gasteiger partial charge in [0, 0.05) is 0 Å². The van der Waals surface area contributed by atoms with Crippen molar-refractivity contribution in [2.24, 2.45) is 0 Å². The Morgan fingerprint density at radius 3 is 1.71 bits per heavy atom. The minimum absolute atomic E-state index is 0.815. The van der Waals surface area contributed by atoms with Crippen LogP contribution in [0.15, 0.2) is 0 Å². The molecule has 0 N–H and O–H groups in total. The molecule has 0 aromatic rings. The summed E-state index contributed by atoms with van der Waals surface area (Å²) in [5.74, 6) is 0.